The number of aromatic nitrogens is 2. The SMILES string of the molecule is c1ccc(-c2nc3c4ccccc4c4cc(-c5ccccc5-c5ccc(-c6cccc7c6oc6ccccc67)cc5)ccc4n3c2-c2ccccc2)cc1. The maximum absolute atomic E-state index is 6.37. The number of para-hydroxylation sites is 2. The molecule has 54 heavy (non-hydrogen) atoms. The third-order valence-corrected chi connectivity index (χ3v) is 10.8. The fraction of sp³-hybridized carbons (Fsp3) is 0. The third kappa shape index (κ3) is 4.72. The van der Waals surface area contributed by atoms with Gasteiger partial charge in [-0.2, -0.15) is 0 Å². The molecule has 0 saturated carbocycles. The zero-order valence-corrected chi connectivity index (χ0v) is 29.3. The van der Waals surface area contributed by atoms with Gasteiger partial charge in [-0.05, 0) is 51.4 Å². The smallest absolute Gasteiger partial charge is 0.146 e. The van der Waals surface area contributed by atoms with Gasteiger partial charge in [0.1, 0.15) is 16.8 Å². The van der Waals surface area contributed by atoms with Gasteiger partial charge in [-0.15, -0.1) is 0 Å². The number of hydrogen-bond acceptors (Lipinski definition) is 2. The number of furan rings is 1. The Morgan fingerprint density at radius 1 is 0.370 bits per heavy atom. The van der Waals surface area contributed by atoms with E-state index >= 15 is 0 Å². The van der Waals surface area contributed by atoms with Crippen LogP contribution in [0, 0.1) is 0 Å². The molecule has 3 heterocycles. The van der Waals surface area contributed by atoms with Gasteiger partial charge in [0.05, 0.1) is 16.9 Å². The van der Waals surface area contributed by atoms with Crippen molar-refractivity contribution in [1.29, 1.82) is 0 Å². The second kappa shape index (κ2) is 12.2. The monoisotopic (exact) mass is 688 g/mol. The highest BCUT2D eigenvalue weighted by Crippen LogP contribution is 2.42. The van der Waals surface area contributed by atoms with Crippen LogP contribution in [0.1, 0.15) is 0 Å². The summed E-state index contributed by atoms with van der Waals surface area (Å²) in [7, 11) is 0. The fourth-order valence-corrected chi connectivity index (χ4v) is 8.31. The Morgan fingerprint density at radius 2 is 0.926 bits per heavy atom. The summed E-state index contributed by atoms with van der Waals surface area (Å²) in [5.74, 6) is 0. The minimum atomic E-state index is 0.912. The van der Waals surface area contributed by atoms with Crippen molar-refractivity contribution in [2.45, 2.75) is 0 Å². The van der Waals surface area contributed by atoms with E-state index in [4.69, 9.17) is 9.40 Å². The van der Waals surface area contributed by atoms with Gasteiger partial charge in [-0.1, -0.05) is 176 Å². The first-order valence-corrected chi connectivity index (χ1v) is 18.4. The van der Waals surface area contributed by atoms with Crippen molar-refractivity contribution < 1.29 is 4.42 Å². The van der Waals surface area contributed by atoms with E-state index in [1.165, 1.54) is 33.0 Å². The molecule has 0 spiro atoms. The lowest BCUT2D eigenvalue weighted by atomic mass is 9.92. The molecule has 3 heteroatoms. The molecule has 0 aliphatic carbocycles. The van der Waals surface area contributed by atoms with Gasteiger partial charge >= 0.3 is 0 Å². The molecule has 0 radical (unpaired) electrons. The van der Waals surface area contributed by atoms with Crippen molar-refractivity contribution in [1.82, 2.24) is 9.38 Å². The van der Waals surface area contributed by atoms with Gasteiger partial charge < -0.3 is 4.42 Å². The average Bonchev–Trinajstić information content (AvgIpc) is 3.84. The highest BCUT2D eigenvalue weighted by Gasteiger charge is 2.21. The van der Waals surface area contributed by atoms with E-state index < -0.39 is 0 Å². The second-order valence-electron chi connectivity index (χ2n) is 13.9. The third-order valence-electron chi connectivity index (χ3n) is 10.8. The summed E-state index contributed by atoms with van der Waals surface area (Å²) in [6.45, 7) is 0. The normalized spacial score (nSPS) is 11.7. The molecule has 8 aromatic carbocycles. The minimum absolute atomic E-state index is 0.912. The molecule has 0 unspecified atom stereocenters. The predicted octanol–water partition coefficient (Wildman–Crippen LogP) is 13.9. The number of benzene rings is 8. The molecule has 0 amide bonds. The molecule has 0 N–H and O–H groups in total. The van der Waals surface area contributed by atoms with Crippen LogP contribution in [-0.2, 0) is 0 Å². The van der Waals surface area contributed by atoms with Gasteiger partial charge in [-0.25, -0.2) is 4.98 Å². The molecule has 3 nitrogen and oxygen atoms in total. The number of fused-ring (bicyclic) bond motifs is 9. The Kier molecular flexibility index (Phi) is 6.86. The molecule has 11 aromatic rings. The van der Waals surface area contributed by atoms with Crippen molar-refractivity contribution >= 4 is 49.3 Å². The van der Waals surface area contributed by atoms with Gasteiger partial charge in [0, 0.05) is 38.2 Å². The highest BCUT2D eigenvalue weighted by molar-refractivity contribution is 6.14. The van der Waals surface area contributed by atoms with Crippen LogP contribution in [0.3, 0.4) is 0 Å². The molecule has 0 aliphatic rings. The highest BCUT2D eigenvalue weighted by atomic mass is 16.3. The van der Waals surface area contributed by atoms with E-state index in [9.17, 15) is 0 Å². The Balaban J connectivity index is 1.08. The Bertz CT molecular complexity index is 3190. The standard InChI is InChI=1S/C51H32N2O/c1-3-14-35(15-4-1)48-49(36-16-5-2-6-17-36)53-46-31-30-37(32-45(46)41-20-9-10-22-44(41)51(53)52-48)39-19-8-7-18-38(39)33-26-28-34(29-27-33)40-23-13-24-43-42-21-11-12-25-47(42)54-50(40)43/h1-32H. The van der Waals surface area contributed by atoms with Crippen LogP contribution in [0.5, 0.6) is 0 Å². The van der Waals surface area contributed by atoms with Crippen LogP contribution < -0.4 is 0 Å². The van der Waals surface area contributed by atoms with E-state index in [2.05, 4.69) is 186 Å². The Morgan fingerprint density at radius 3 is 1.69 bits per heavy atom. The van der Waals surface area contributed by atoms with Gasteiger partial charge in [0.2, 0.25) is 0 Å². The first-order chi connectivity index (χ1) is 26.8. The summed E-state index contributed by atoms with van der Waals surface area (Å²) in [4.78, 5) is 5.39. The number of rotatable bonds is 5. The maximum Gasteiger partial charge on any atom is 0.146 e. The molecular weight excluding hydrogens is 657 g/mol. The van der Waals surface area contributed by atoms with Gasteiger partial charge in [-0.3, -0.25) is 4.40 Å². The largest absolute Gasteiger partial charge is 0.455 e. The molecule has 0 fully saturated rings. The molecule has 11 rings (SSSR count). The summed E-state index contributed by atoms with van der Waals surface area (Å²) >= 11 is 0. The predicted molar refractivity (Wildman–Crippen MR) is 225 cm³/mol. The zero-order valence-electron chi connectivity index (χ0n) is 29.3. The summed E-state index contributed by atoms with van der Waals surface area (Å²) in [5, 5.41) is 5.79. The number of pyridine rings is 1. The van der Waals surface area contributed by atoms with E-state index in [-0.39, 0.29) is 0 Å². The Hall–Kier alpha value is -7.23. The van der Waals surface area contributed by atoms with Crippen molar-refractivity contribution in [3.63, 3.8) is 0 Å². The number of imidazole rings is 1. The lowest BCUT2D eigenvalue weighted by Crippen LogP contribution is -1.95. The quantitative estimate of drug-likeness (QED) is 0.169. The topological polar surface area (TPSA) is 30.4 Å². The lowest BCUT2D eigenvalue weighted by molar-refractivity contribution is 0.670. The molecule has 252 valence electrons. The second-order valence-corrected chi connectivity index (χ2v) is 13.9. The molecular formula is C51H32N2O. The molecule has 0 aliphatic heterocycles. The lowest BCUT2D eigenvalue weighted by Gasteiger charge is -2.15. The van der Waals surface area contributed by atoms with Crippen molar-refractivity contribution in [3.05, 3.63) is 194 Å². The first-order valence-electron chi connectivity index (χ1n) is 18.4. The van der Waals surface area contributed by atoms with Crippen LogP contribution in [0.15, 0.2) is 199 Å². The summed E-state index contributed by atoms with van der Waals surface area (Å²) < 4.78 is 8.74. The van der Waals surface area contributed by atoms with Crippen LogP contribution >= 0.6 is 0 Å². The summed E-state index contributed by atoms with van der Waals surface area (Å²) in [6, 6.07) is 69.1. The van der Waals surface area contributed by atoms with E-state index in [1.54, 1.807) is 0 Å². The van der Waals surface area contributed by atoms with Gasteiger partial charge in [0.25, 0.3) is 0 Å². The molecule has 0 bridgehead atoms. The maximum atomic E-state index is 6.37. The number of hydrogen-bond donors (Lipinski definition) is 0. The summed E-state index contributed by atoms with van der Waals surface area (Å²) in [5.41, 5.74) is 15.2. The van der Waals surface area contributed by atoms with Crippen molar-refractivity contribution in [2.24, 2.45) is 0 Å². The average molecular weight is 689 g/mol. The molecule has 0 atom stereocenters. The van der Waals surface area contributed by atoms with Crippen molar-refractivity contribution in [3.8, 4) is 55.9 Å². The molecule has 0 saturated heterocycles. The Labute approximate surface area is 312 Å². The van der Waals surface area contributed by atoms with E-state index in [0.29, 0.717) is 0 Å². The van der Waals surface area contributed by atoms with E-state index in [1.807, 2.05) is 12.1 Å². The molecule has 3 aromatic heterocycles. The minimum Gasteiger partial charge on any atom is -0.455 e. The van der Waals surface area contributed by atoms with Crippen LogP contribution in [0.2, 0.25) is 0 Å². The summed E-state index contributed by atoms with van der Waals surface area (Å²) in [6.07, 6.45) is 0. The first kappa shape index (κ1) is 30.4. The number of nitrogens with zero attached hydrogens (tertiary/aromatic N) is 2. The van der Waals surface area contributed by atoms with Crippen LogP contribution in [0.25, 0.3) is 105 Å². The van der Waals surface area contributed by atoms with Crippen LogP contribution in [0.4, 0.5) is 0 Å². The van der Waals surface area contributed by atoms with Crippen molar-refractivity contribution in [2.75, 3.05) is 0 Å². The van der Waals surface area contributed by atoms with Gasteiger partial charge in [0.15, 0.2) is 0 Å². The van der Waals surface area contributed by atoms with E-state index in [0.717, 1.165) is 72.1 Å². The fourth-order valence-electron chi connectivity index (χ4n) is 8.31. The zero-order chi connectivity index (χ0) is 35.6. The van der Waals surface area contributed by atoms with Crippen LogP contribution in [-0.4, -0.2) is 9.38 Å².